The topological polar surface area (TPSA) is 29.5 Å². The number of carbonyl (C=O) groups excluding carboxylic acids is 1. The van der Waals surface area contributed by atoms with E-state index in [0.29, 0.717) is 34.8 Å². The van der Waals surface area contributed by atoms with E-state index >= 15 is 0 Å². The van der Waals surface area contributed by atoms with E-state index in [-0.39, 0.29) is 5.91 Å². The van der Waals surface area contributed by atoms with Crippen LogP contribution in [-0.4, -0.2) is 37.6 Å². The van der Waals surface area contributed by atoms with Gasteiger partial charge >= 0.3 is 0 Å². The van der Waals surface area contributed by atoms with Gasteiger partial charge in [-0.3, -0.25) is 4.79 Å². The third-order valence-electron chi connectivity index (χ3n) is 2.38. The van der Waals surface area contributed by atoms with Crippen LogP contribution in [0.5, 0.6) is 0 Å². The van der Waals surface area contributed by atoms with E-state index in [9.17, 15) is 4.79 Å². The summed E-state index contributed by atoms with van der Waals surface area (Å²) < 4.78 is 5.70. The number of hydrogen-bond donors (Lipinski definition) is 0. The molecular weight excluding hydrogens is 318 g/mol. The average Bonchev–Trinajstić information content (AvgIpc) is 2.37. The Bertz CT molecular complexity index is 437. The van der Waals surface area contributed by atoms with Gasteiger partial charge < -0.3 is 9.64 Å². The van der Waals surface area contributed by atoms with Gasteiger partial charge in [-0.1, -0.05) is 23.7 Å². The summed E-state index contributed by atoms with van der Waals surface area (Å²) in [4.78, 5) is 14.0. The number of nitrogens with zero attached hydrogens (tertiary/aromatic N) is 1. The van der Waals surface area contributed by atoms with Gasteiger partial charge in [0.2, 0.25) is 0 Å². The van der Waals surface area contributed by atoms with Gasteiger partial charge in [-0.05, 0) is 28.1 Å². The number of benzene rings is 1. The normalized spacial score (nSPS) is 10.2. The largest absolute Gasteiger partial charge is 0.383 e. The lowest BCUT2D eigenvalue weighted by atomic mass is 10.2. The van der Waals surface area contributed by atoms with Crippen molar-refractivity contribution >= 4 is 33.4 Å². The van der Waals surface area contributed by atoms with Crippen LogP contribution in [0.2, 0.25) is 5.02 Å². The molecule has 0 aliphatic carbocycles. The number of amides is 1. The summed E-state index contributed by atoms with van der Waals surface area (Å²) in [6, 6.07) is 5.29. The molecule has 0 aliphatic heterocycles. The molecule has 0 saturated carbocycles. The fourth-order valence-electron chi connectivity index (χ4n) is 1.47. The zero-order valence-corrected chi connectivity index (χ0v) is 12.5. The first-order chi connectivity index (χ1) is 8.61. The Balaban J connectivity index is 2.94. The van der Waals surface area contributed by atoms with Gasteiger partial charge in [-0.25, -0.2) is 0 Å². The van der Waals surface area contributed by atoms with Crippen molar-refractivity contribution in [2.75, 3.05) is 26.8 Å². The second kappa shape index (κ2) is 7.56. The van der Waals surface area contributed by atoms with E-state index in [2.05, 4.69) is 22.5 Å². The summed E-state index contributed by atoms with van der Waals surface area (Å²) in [6.45, 7) is 5.09. The van der Waals surface area contributed by atoms with Crippen molar-refractivity contribution < 1.29 is 9.53 Å². The first-order valence-electron chi connectivity index (χ1n) is 5.45. The van der Waals surface area contributed by atoms with Gasteiger partial charge in [0, 0.05) is 24.7 Å². The highest BCUT2D eigenvalue weighted by Crippen LogP contribution is 2.26. The molecule has 1 rings (SSSR count). The van der Waals surface area contributed by atoms with Crippen LogP contribution in [0.3, 0.4) is 0 Å². The molecule has 0 aromatic heterocycles. The molecule has 1 amide bonds. The molecule has 0 spiro atoms. The molecule has 1 aromatic carbocycles. The minimum absolute atomic E-state index is 0.127. The van der Waals surface area contributed by atoms with Gasteiger partial charge in [0.1, 0.15) is 0 Å². The monoisotopic (exact) mass is 331 g/mol. The van der Waals surface area contributed by atoms with Crippen LogP contribution in [0.4, 0.5) is 0 Å². The summed E-state index contributed by atoms with van der Waals surface area (Å²) in [7, 11) is 1.60. The Morgan fingerprint density at radius 1 is 1.61 bits per heavy atom. The molecular formula is C13H15BrClNO2. The number of carbonyl (C=O) groups is 1. The van der Waals surface area contributed by atoms with E-state index in [1.807, 2.05) is 0 Å². The van der Waals surface area contributed by atoms with Crippen LogP contribution in [0.1, 0.15) is 10.4 Å². The Morgan fingerprint density at radius 2 is 2.33 bits per heavy atom. The lowest BCUT2D eigenvalue weighted by molar-refractivity contribution is 0.0718. The summed E-state index contributed by atoms with van der Waals surface area (Å²) in [5, 5.41) is 0.425. The summed E-state index contributed by atoms with van der Waals surface area (Å²) >= 11 is 9.42. The summed E-state index contributed by atoms with van der Waals surface area (Å²) in [5.74, 6) is -0.127. The van der Waals surface area contributed by atoms with Crippen molar-refractivity contribution in [1.82, 2.24) is 4.90 Å². The van der Waals surface area contributed by atoms with Crippen LogP contribution >= 0.6 is 27.5 Å². The van der Waals surface area contributed by atoms with Gasteiger partial charge in [0.05, 0.1) is 17.2 Å². The highest BCUT2D eigenvalue weighted by atomic mass is 79.9. The lowest BCUT2D eigenvalue weighted by Crippen LogP contribution is -2.34. The number of methoxy groups -OCH3 is 1. The first kappa shape index (κ1) is 15.2. The third kappa shape index (κ3) is 3.83. The van der Waals surface area contributed by atoms with E-state index in [1.165, 1.54) is 0 Å². The number of rotatable bonds is 6. The van der Waals surface area contributed by atoms with E-state index in [1.54, 1.807) is 36.3 Å². The smallest absolute Gasteiger partial charge is 0.255 e. The first-order valence-corrected chi connectivity index (χ1v) is 6.62. The zero-order chi connectivity index (χ0) is 13.5. The molecule has 0 fully saturated rings. The van der Waals surface area contributed by atoms with Crippen molar-refractivity contribution in [1.29, 1.82) is 0 Å². The number of ether oxygens (including phenoxy) is 1. The predicted octanol–water partition coefficient (Wildman–Crippen LogP) is 3.38. The molecule has 0 bridgehead atoms. The molecule has 0 heterocycles. The van der Waals surface area contributed by atoms with Crippen LogP contribution in [0.25, 0.3) is 0 Å². The maximum atomic E-state index is 12.3. The number of hydrogen-bond acceptors (Lipinski definition) is 2. The standard InChI is InChI=1S/C13H15BrClNO2/c1-3-7-16(8-9-18-2)13(17)10-5-4-6-11(14)12(10)15/h3-6H,1,7-9H2,2H3. The maximum Gasteiger partial charge on any atom is 0.255 e. The van der Waals surface area contributed by atoms with Crippen LogP contribution in [0, 0.1) is 0 Å². The molecule has 0 radical (unpaired) electrons. The second-order valence-electron chi connectivity index (χ2n) is 3.63. The summed E-state index contributed by atoms with van der Waals surface area (Å²) in [5.41, 5.74) is 0.476. The van der Waals surface area contributed by atoms with E-state index < -0.39 is 0 Å². The van der Waals surface area contributed by atoms with Crippen LogP contribution in [0.15, 0.2) is 35.3 Å². The van der Waals surface area contributed by atoms with Crippen molar-refractivity contribution in [3.63, 3.8) is 0 Å². The van der Waals surface area contributed by atoms with E-state index in [4.69, 9.17) is 16.3 Å². The molecule has 18 heavy (non-hydrogen) atoms. The van der Waals surface area contributed by atoms with E-state index in [0.717, 1.165) is 0 Å². The predicted molar refractivity (Wildman–Crippen MR) is 77.1 cm³/mol. The maximum absolute atomic E-state index is 12.3. The lowest BCUT2D eigenvalue weighted by Gasteiger charge is -2.21. The Labute approximate surface area is 121 Å². The molecule has 0 atom stereocenters. The minimum Gasteiger partial charge on any atom is -0.383 e. The molecule has 5 heteroatoms. The SMILES string of the molecule is C=CCN(CCOC)C(=O)c1cccc(Br)c1Cl. The van der Waals surface area contributed by atoms with Crippen molar-refractivity contribution in [2.45, 2.75) is 0 Å². The fraction of sp³-hybridized carbons (Fsp3) is 0.308. The average molecular weight is 333 g/mol. The Morgan fingerprint density at radius 3 is 2.94 bits per heavy atom. The van der Waals surface area contributed by atoms with Crippen molar-refractivity contribution in [3.8, 4) is 0 Å². The molecule has 1 aromatic rings. The van der Waals surface area contributed by atoms with Crippen LogP contribution < -0.4 is 0 Å². The number of halogens is 2. The minimum atomic E-state index is -0.127. The van der Waals surface area contributed by atoms with Gasteiger partial charge in [-0.2, -0.15) is 0 Å². The zero-order valence-electron chi connectivity index (χ0n) is 10.2. The Hall–Kier alpha value is -0.840. The van der Waals surface area contributed by atoms with Crippen LogP contribution in [-0.2, 0) is 4.74 Å². The van der Waals surface area contributed by atoms with Gasteiger partial charge in [-0.15, -0.1) is 6.58 Å². The quantitative estimate of drug-likeness (QED) is 0.748. The second-order valence-corrected chi connectivity index (χ2v) is 4.87. The molecule has 3 nitrogen and oxygen atoms in total. The third-order valence-corrected chi connectivity index (χ3v) is 3.68. The highest BCUT2D eigenvalue weighted by molar-refractivity contribution is 9.10. The highest BCUT2D eigenvalue weighted by Gasteiger charge is 2.18. The molecule has 0 saturated heterocycles. The van der Waals surface area contributed by atoms with Crippen molar-refractivity contribution in [2.24, 2.45) is 0 Å². The Kier molecular flexibility index (Phi) is 6.39. The van der Waals surface area contributed by atoms with Gasteiger partial charge in [0.25, 0.3) is 5.91 Å². The summed E-state index contributed by atoms with van der Waals surface area (Å²) in [6.07, 6.45) is 1.68. The molecule has 0 aliphatic rings. The van der Waals surface area contributed by atoms with Crippen molar-refractivity contribution in [3.05, 3.63) is 45.9 Å². The molecule has 0 N–H and O–H groups in total. The van der Waals surface area contributed by atoms with Gasteiger partial charge in [0.15, 0.2) is 0 Å². The fourth-order valence-corrected chi connectivity index (χ4v) is 2.05. The molecule has 98 valence electrons. The molecule has 0 unspecified atom stereocenters.